The number of rotatable bonds is 4. The molecule has 2 fully saturated rings. The molecule has 2 aliphatic rings. The highest BCUT2D eigenvalue weighted by Crippen LogP contribution is 2.24. The van der Waals surface area contributed by atoms with E-state index in [2.05, 4.69) is 22.3 Å². The second-order valence-corrected chi connectivity index (χ2v) is 6.37. The Morgan fingerprint density at radius 2 is 2.14 bits per heavy atom. The fourth-order valence-electron chi connectivity index (χ4n) is 3.52. The van der Waals surface area contributed by atoms with Crippen molar-refractivity contribution in [3.05, 3.63) is 35.9 Å². The van der Waals surface area contributed by atoms with Gasteiger partial charge in [0.2, 0.25) is 5.91 Å². The van der Waals surface area contributed by atoms with E-state index in [0.717, 1.165) is 25.6 Å². The monoisotopic (exact) mass is 287 g/mol. The molecule has 1 aromatic rings. The Kier molecular flexibility index (Phi) is 4.56. The summed E-state index contributed by atoms with van der Waals surface area (Å²) in [5.74, 6) is 0.967. The molecule has 0 aliphatic carbocycles. The van der Waals surface area contributed by atoms with E-state index in [1.165, 1.54) is 18.4 Å². The van der Waals surface area contributed by atoms with Crippen molar-refractivity contribution < 1.29 is 4.79 Å². The topological polar surface area (TPSA) is 35.6 Å². The van der Waals surface area contributed by atoms with Crippen LogP contribution in [0, 0.1) is 5.92 Å². The van der Waals surface area contributed by atoms with Gasteiger partial charge in [0.25, 0.3) is 0 Å². The lowest BCUT2D eigenvalue weighted by molar-refractivity contribution is -0.132. The maximum absolute atomic E-state index is 12.4. The predicted molar refractivity (Wildman–Crippen MR) is 83.9 cm³/mol. The van der Waals surface area contributed by atoms with Crippen LogP contribution < -0.4 is 5.32 Å². The summed E-state index contributed by atoms with van der Waals surface area (Å²) in [5, 5.41) is 3.57. The number of piperidine rings is 1. The zero-order chi connectivity index (χ0) is 14.7. The molecule has 0 aromatic heterocycles. The van der Waals surface area contributed by atoms with Crippen LogP contribution in [0.4, 0.5) is 0 Å². The van der Waals surface area contributed by atoms with Crippen molar-refractivity contribution >= 4 is 5.91 Å². The average molecular weight is 287 g/mol. The number of hydrogen-bond donors (Lipinski definition) is 1. The van der Waals surface area contributed by atoms with Crippen molar-refractivity contribution in [1.29, 1.82) is 0 Å². The number of carbonyl (C=O) groups excluding carboxylic acids is 1. The molecule has 4 heteroatoms. The summed E-state index contributed by atoms with van der Waals surface area (Å²) in [6.45, 7) is 4.51. The lowest BCUT2D eigenvalue weighted by atomic mass is 9.93. The highest BCUT2D eigenvalue weighted by Gasteiger charge is 2.33. The van der Waals surface area contributed by atoms with Crippen LogP contribution in [0.2, 0.25) is 0 Å². The fraction of sp³-hybridized carbons (Fsp3) is 0.588. The van der Waals surface area contributed by atoms with Gasteiger partial charge in [0, 0.05) is 32.7 Å². The van der Waals surface area contributed by atoms with Crippen molar-refractivity contribution in [3.63, 3.8) is 0 Å². The number of amides is 1. The Labute approximate surface area is 127 Å². The minimum Gasteiger partial charge on any atom is -0.340 e. The Bertz CT molecular complexity index is 476. The first kappa shape index (κ1) is 14.5. The summed E-state index contributed by atoms with van der Waals surface area (Å²) in [6, 6.07) is 10.9. The van der Waals surface area contributed by atoms with Gasteiger partial charge in [-0.1, -0.05) is 30.3 Å². The third-order valence-electron chi connectivity index (χ3n) is 4.79. The van der Waals surface area contributed by atoms with Crippen LogP contribution in [0.5, 0.6) is 0 Å². The Morgan fingerprint density at radius 1 is 1.33 bits per heavy atom. The fourth-order valence-corrected chi connectivity index (χ4v) is 3.52. The summed E-state index contributed by atoms with van der Waals surface area (Å²) in [4.78, 5) is 16.5. The summed E-state index contributed by atoms with van der Waals surface area (Å²) in [6.07, 6.45) is 2.44. The summed E-state index contributed by atoms with van der Waals surface area (Å²) >= 11 is 0. The number of hydrogen-bond acceptors (Lipinski definition) is 3. The van der Waals surface area contributed by atoms with Crippen LogP contribution in [0.15, 0.2) is 30.3 Å². The molecule has 2 saturated heterocycles. The van der Waals surface area contributed by atoms with Crippen LogP contribution in [-0.2, 0) is 11.3 Å². The molecule has 0 bridgehead atoms. The van der Waals surface area contributed by atoms with Gasteiger partial charge in [0.05, 0.1) is 6.54 Å². The molecule has 1 N–H and O–H groups in total. The predicted octanol–water partition coefficient (Wildman–Crippen LogP) is 1.33. The molecular weight excluding hydrogens is 262 g/mol. The van der Waals surface area contributed by atoms with E-state index in [1.54, 1.807) is 0 Å². The van der Waals surface area contributed by atoms with Gasteiger partial charge in [-0.3, -0.25) is 9.69 Å². The standard InChI is InChI=1S/C17H25N3O/c1-19(11-14-5-3-2-4-6-14)17(21)13-20-10-8-16-15(12-20)7-9-18-16/h2-6,15-16,18H,7-13H2,1H3. The van der Waals surface area contributed by atoms with Crippen molar-refractivity contribution in [2.24, 2.45) is 5.92 Å². The molecular formula is C17H25N3O. The molecule has 114 valence electrons. The highest BCUT2D eigenvalue weighted by atomic mass is 16.2. The number of likely N-dealkylation sites (N-methyl/N-ethyl adjacent to an activating group) is 1. The lowest BCUT2D eigenvalue weighted by Crippen LogP contribution is -2.48. The van der Waals surface area contributed by atoms with Gasteiger partial charge in [-0.2, -0.15) is 0 Å². The van der Waals surface area contributed by atoms with Gasteiger partial charge < -0.3 is 10.2 Å². The van der Waals surface area contributed by atoms with E-state index in [9.17, 15) is 4.79 Å². The molecule has 0 spiro atoms. The van der Waals surface area contributed by atoms with E-state index < -0.39 is 0 Å². The molecule has 21 heavy (non-hydrogen) atoms. The third kappa shape index (κ3) is 3.63. The van der Waals surface area contributed by atoms with Crippen LogP contribution in [0.3, 0.4) is 0 Å². The first-order valence-corrected chi connectivity index (χ1v) is 7.96. The zero-order valence-electron chi connectivity index (χ0n) is 12.8. The minimum absolute atomic E-state index is 0.225. The largest absolute Gasteiger partial charge is 0.340 e. The van der Waals surface area contributed by atoms with Gasteiger partial charge in [0.1, 0.15) is 0 Å². The van der Waals surface area contributed by atoms with E-state index in [4.69, 9.17) is 0 Å². The first-order valence-electron chi connectivity index (χ1n) is 7.96. The third-order valence-corrected chi connectivity index (χ3v) is 4.79. The highest BCUT2D eigenvalue weighted by molar-refractivity contribution is 5.78. The average Bonchev–Trinajstić information content (AvgIpc) is 2.95. The van der Waals surface area contributed by atoms with Gasteiger partial charge in [-0.05, 0) is 30.9 Å². The number of nitrogens with one attached hydrogen (secondary N) is 1. The van der Waals surface area contributed by atoms with Crippen LogP contribution in [0.25, 0.3) is 0 Å². The van der Waals surface area contributed by atoms with E-state index >= 15 is 0 Å². The minimum atomic E-state index is 0.225. The van der Waals surface area contributed by atoms with Crippen LogP contribution in [-0.4, -0.2) is 55.0 Å². The quantitative estimate of drug-likeness (QED) is 0.907. The molecule has 4 nitrogen and oxygen atoms in total. The molecule has 1 amide bonds. The first-order chi connectivity index (χ1) is 10.2. The maximum Gasteiger partial charge on any atom is 0.236 e. The second kappa shape index (κ2) is 6.58. The van der Waals surface area contributed by atoms with E-state index in [1.807, 2.05) is 30.1 Å². The van der Waals surface area contributed by atoms with E-state index in [-0.39, 0.29) is 5.91 Å². The molecule has 2 atom stereocenters. The number of carbonyl (C=O) groups is 1. The summed E-state index contributed by atoms with van der Waals surface area (Å²) in [7, 11) is 1.90. The van der Waals surface area contributed by atoms with Gasteiger partial charge >= 0.3 is 0 Å². The maximum atomic E-state index is 12.4. The Balaban J connectivity index is 1.49. The number of benzene rings is 1. The SMILES string of the molecule is CN(Cc1ccccc1)C(=O)CN1CCC2NCCC2C1. The van der Waals surface area contributed by atoms with E-state index in [0.29, 0.717) is 19.1 Å². The molecule has 0 saturated carbocycles. The van der Waals surface area contributed by atoms with Crippen LogP contribution >= 0.6 is 0 Å². The van der Waals surface area contributed by atoms with Gasteiger partial charge in [0.15, 0.2) is 0 Å². The summed E-state index contributed by atoms with van der Waals surface area (Å²) < 4.78 is 0. The number of fused-ring (bicyclic) bond motifs is 1. The molecule has 3 rings (SSSR count). The Morgan fingerprint density at radius 3 is 2.95 bits per heavy atom. The summed E-state index contributed by atoms with van der Waals surface area (Å²) in [5.41, 5.74) is 1.19. The lowest BCUT2D eigenvalue weighted by Gasteiger charge is -2.35. The zero-order valence-corrected chi connectivity index (χ0v) is 12.8. The van der Waals surface area contributed by atoms with Crippen molar-refractivity contribution in [1.82, 2.24) is 15.1 Å². The molecule has 2 aliphatic heterocycles. The molecule has 0 radical (unpaired) electrons. The van der Waals surface area contributed by atoms with Crippen LogP contribution in [0.1, 0.15) is 18.4 Å². The van der Waals surface area contributed by atoms with Crippen molar-refractivity contribution in [2.45, 2.75) is 25.4 Å². The molecule has 2 heterocycles. The normalized spacial score (nSPS) is 25.6. The Hall–Kier alpha value is -1.39. The van der Waals surface area contributed by atoms with Crippen molar-refractivity contribution in [3.8, 4) is 0 Å². The molecule has 2 unspecified atom stereocenters. The number of likely N-dealkylation sites (tertiary alicyclic amines) is 1. The smallest absolute Gasteiger partial charge is 0.236 e. The van der Waals surface area contributed by atoms with Crippen molar-refractivity contribution in [2.75, 3.05) is 33.2 Å². The molecule has 1 aromatic carbocycles. The second-order valence-electron chi connectivity index (χ2n) is 6.37. The van der Waals surface area contributed by atoms with Gasteiger partial charge in [-0.15, -0.1) is 0 Å². The number of nitrogens with zero attached hydrogens (tertiary/aromatic N) is 2. The van der Waals surface area contributed by atoms with Gasteiger partial charge in [-0.25, -0.2) is 0 Å².